The van der Waals surface area contributed by atoms with E-state index in [1.54, 1.807) is 24.3 Å². The van der Waals surface area contributed by atoms with Gasteiger partial charge in [-0.15, -0.1) is 0 Å². The van der Waals surface area contributed by atoms with Gasteiger partial charge in [0.15, 0.2) is 6.61 Å². The minimum absolute atomic E-state index is 0.176. The van der Waals surface area contributed by atoms with E-state index >= 15 is 0 Å². The van der Waals surface area contributed by atoms with Crippen molar-refractivity contribution in [1.82, 2.24) is 5.43 Å². The molecule has 0 unspecified atom stereocenters. The predicted octanol–water partition coefficient (Wildman–Crippen LogP) is 7.10. The number of hydrogen-bond donors (Lipinski definition) is 1. The fraction of sp³-hybridized carbons (Fsp3) is 0.0400. The first kappa shape index (κ1) is 22.9. The molecule has 1 aromatic heterocycles. The molecule has 0 aliphatic heterocycles. The Kier molecular flexibility index (Phi) is 7.35. The third kappa shape index (κ3) is 5.96. The molecular formula is C25H17Cl3N2O3. The van der Waals surface area contributed by atoms with Crippen LogP contribution in [0.3, 0.4) is 0 Å². The van der Waals surface area contributed by atoms with Crippen LogP contribution in [-0.2, 0) is 4.79 Å². The lowest BCUT2D eigenvalue weighted by Gasteiger charge is -2.06. The molecule has 0 spiro atoms. The molecule has 0 fully saturated rings. The van der Waals surface area contributed by atoms with Crippen LogP contribution < -0.4 is 10.2 Å². The van der Waals surface area contributed by atoms with Gasteiger partial charge in [-0.2, -0.15) is 5.10 Å². The van der Waals surface area contributed by atoms with Crippen molar-refractivity contribution >= 4 is 46.9 Å². The second kappa shape index (κ2) is 10.6. The van der Waals surface area contributed by atoms with Crippen LogP contribution in [0.5, 0.6) is 5.75 Å². The number of carbonyl (C=O) groups excluding carboxylic acids is 1. The van der Waals surface area contributed by atoms with Gasteiger partial charge in [-0.1, -0.05) is 77.3 Å². The third-order valence-corrected chi connectivity index (χ3v) is 5.65. The second-order valence-electron chi connectivity index (χ2n) is 6.92. The number of ether oxygens (including phenoxy) is 1. The quantitative estimate of drug-likeness (QED) is 0.167. The minimum Gasteiger partial charge on any atom is -0.484 e. The molecule has 166 valence electrons. The molecule has 1 heterocycles. The van der Waals surface area contributed by atoms with E-state index in [9.17, 15) is 4.79 Å². The summed E-state index contributed by atoms with van der Waals surface area (Å²) >= 11 is 18.2. The summed E-state index contributed by atoms with van der Waals surface area (Å²) < 4.78 is 11.2. The molecule has 1 N–H and O–H groups in total. The summed E-state index contributed by atoms with van der Waals surface area (Å²) in [4.78, 5) is 12.0. The predicted molar refractivity (Wildman–Crippen MR) is 132 cm³/mol. The van der Waals surface area contributed by atoms with E-state index in [1.165, 1.54) is 6.21 Å². The van der Waals surface area contributed by atoms with Gasteiger partial charge in [-0.05, 0) is 47.5 Å². The number of benzene rings is 3. The first-order valence-corrected chi connectivity index (χ1v) is 11.0. The Bertz CT molecular complexity index is 1290. The molecule has 0 aliphatic rings. The lowest BCUT2D eigenvalue weighted by Crippen LogP contribution is -2.24. The monoisotopic (exact) mass is 498 g/mol. The summed E-state index contributed by atoms with van der Waals surface area (Å²) in [6.45, 7) is -0.176. The molecule has 0 bridgehead atoms. The van der Waals surface area contributed by atoms with Gasteiger partial charge in [0.2, 0.25) is 0 Å². The topological polar surface area (TPSA) is 63.8 Å². The number of furan rings is 1. The van der Waals surface area contributed by atoms with Crippen molar-refractivity contribution in [2.75, 3.05) is 6.61 Å². The highest BCUT2D eigenvalue weighted by Gasteiger charge is 2.11. The number of hydrazone groups is 1. The van der Waals surface area contributed by atoms with Gasteiger partial charge in [-0.3, -0.25) is 4.79 Å². The maximum atomic E-state index is 12.0. The van der Waals surface area contributed by atoms with Crippen molar-refractivity contribution in [2.24, 2.45) is 5.10 Å². The summed E-state index contributed by atoms with van der Waals surface area (Å²) in [6, 6.07) is 24.1. The van der Waals surface area contributed by atoms with Crippen molar-refractivity contribution in [3.63, 3.8) is 0 Å². The molecule has 1 amide bonds. The normalized spacial score (nSPS) is 11.0. The number of nitrogens with zero attached hydrogens (tertiary/aromatic N) is 1. The first-order valence-electron chi connectivity index (χ1n) is 9.84. The first-order chi connectivity index (χ1) is 16.0. The van der Waals surface area contributed by atoms with Crippen molar-refractivity contribution in [3.05, 3.63) is 99.7 Å². The van der Waals surface area contributed by atoms with Crippen molar-refractivity contribution in [3.8, 4) is 28.2 Å². The smallest absolute Gasteiger partial charge is 0.277 e. The SMILES string of the molecule is O=C(COc1ccc(-c2ccccc2)cc1)N/N=C/c1ccc(-c2cc(Cl)c(Cl)cc2Cl)o1. The van der Waals surface area contributed by atoms with E-state index in [-0.39, 0.29) is 6.61 Å². The van der Waals surface area contributed by atoms with Gasteiger partial charge < -0.3 is 9.15 Å². The molecule has 5 nitrogen and oxygen atoms in total. The second-order valence-corrected chi connectivity index (χ2v) is 8.14. The van der Waals surface area contributed by atoms with Gasteiger partial charge in [-0.25, -0.2) is 5.43 Å². The molecule has 0 saturated heterocycles. The number of rotatable bonds is 7. The molecule has 4 rings (SSSR count). The molecule has 4 aromatic rings. The maximum absolute atomic E-state index is 12.0. The average Bonchev–Trinajstić information content (AvgIpc) is 3.29. The highest BCUT2D eigenvalue weighted by atomic mass is 35.5. The number of halogens is 3. The zero-order valence-corrected chi connectivity index (χ0v) is 19.4. The molecule has 8 heteroatoms. The maximum Gasteiger partial charge on any atom is 0.277 e. The lowest BCUT2D eigenvalue weighted by molar-refractivity contribution is -0.123. The Morgan fingerprint density at radius 2 is 1.58 bits per heavy atom. The lowest BCUT2D eigenvalue weighted by atomic mass is 10.1. The van der Waals surface area contributed by atoms with Crippen molar-refractivity contribution in [2.45, 2.75) is 0 Å². The number of nitrogens with one attached hydrogen (secondary N) is 1. The van der Waals surface area contributed by atoms with Crippen LogP contribution in [-0.4, -0.2) is 18.7 Å². The molecule has 33 heavy (non-hydrogen) atoms. The Hall–Kier alpha value is -3.25. The van der Waals surface area contributed by atoms with Gasteiger partial charge in [0.1, 0.15) is 17.3 Å². The minimum atomic E-state index is -0.405. The van der Waals surface area contributed by atoms with Crippen LogP contribution in [0.15, 0.2) is 88.4 Å². The van der Waals surface area contributed by atoms with E-state index in [2.05, 4.69) is 10.5 Å². The van der Waals surface area contributed by atoms with Gasteiger partial charge in [0, 0.05) is 5.56 Å². The zero-order valence-electron chi connectivity index (χ0n) is 17.1. The van der Waals surface area contributed by atoms with Crippen LogP contribution in [0.25, 0.3) is 22.5 Å². The van der Waals surface area contributed by atoms with Crippen LogP contribution in [0.4, 0.5) is 0 Å². The van der Waals surface area contributed by atoms with Gasteiger partial charge >= 0.3 is 0 Å². The number of hydrogen-bond acceptors (Lipinski definition) is 4. The number of carbonyl (C=O) groups is 1. The fourth-order valence-electron chi connectivity index (χ4n) is 3.00. The van der Waals surface area contributed by atoms with Crippen LogP contribution in [0, 0.1) is 0 Å². The van der Waals surface area contributed by atoms with Crippen LogP contribution >= 0.6 is 34.8 Å². The summed E-state index contributed by atoms with van der Waals surface area (Å²) in [7, 11) is 0. The van der Waals surface area contributed by atoms with Crippen LogP contribution in [0.2, 0.25) is 15.1 Å². The Morgan fingerprint density at radius 1 is 0.879 bits per heavy atom. The Labute approximate surface area is 205 Å². The molecule has 0 atom stereocenters. The highest BCUT2D eigenvalue weighted by molar-refractivity contribution is 6.44. The number of amides is 1. The summed E-state index contributed by atoms with van der Waals surface area (Å²) in [5.74, 6) is 1.10. The third-order valence-electron chi connectivity index (χ3n) is 4.61. The summed E-state index contributed by atoms with van der Waals surface area (Å²) in [6.07, 6.45) is 1.38. The van der Waals surface area contributed by atoms with E-state index in [0.717, 1.165) is 11.1 Å². The largest absolute Gasteiger partial charge is 0.484 e. The fourth-order valence-corrected chi connectivity index (χ4v) is 3.64. The average molecular weight is 500 g/mol. The standard InChI is InChI=1S/C25H17Cl3N2O3/c26-21-13-23(28)22(27)12-20(21)24-11-10-19(33-24)14-29-30-25(31)15-32-18-8-6-17(7-9-18)16-4-2-1-3-5-16/h1-14H,15H2,(H,30,31)/b29-14+. The molecular weight excluding hydrogens is 483 g/mol. The van der Waals surface area contributed by atoms with Crippen LogP contribution in [0.1, 0.15) is 5.76 Å². The summed E-state index contributed by atoms with van der Waals surface area (Å²) in [5.41, 5.74) is 5.17. The van der Waals surface area contributed by atoms with Crippen molar-refractivity contribution < 1.29 is 13.9 Å². The Morgan fingerprint density at radius 3 is 2.33 bits per heavy atom. The van der Waals surface area contributed by atoms with Gasteiger partial charge in [0.25, 0.3) is 5.91 Å². The van der Waals surface area contributed by atoms with Gasteiger partial charge in [0.05, 0.1) is 21.3 Å². The van der Waals surface area contributed by atoms with E-state index in [4.69, 9.17) is 44.0 Å². The van der Waals surface area contributed by atoms with E-state index < -0.39 is 5.91 Å². The molecule has 0 saturated carbocycles. The zero-order chi connectivity index (χ0) is 23.2. The Balaban J connectivity index is 1.29. The molecule has 0 radical (unpaired) electrons. The van der Waals surface area contributed by atoms with Crippen molar-refractivity contribution in [1.29, 1.82) is 0 Å². The molecule has 0 aliphatic carbocycles. The van der Waals surface area contributed by atoms with E-state index in [1.807, 2.05) is 54.6 Å². The van der Waals surface area contributed by atoms with E-state index in [0.29, 0.717) is 37.9 Å². The molecule has 3 aromatic carbocycles. The highest BCUT2D eigenvalue weighted by Crippen LogP contribution is 2.35. The summed E-state index contributed by atoms with van der Waals surface area (Å²) in [5, 5.41) is 5.02.